The van der Waals surface area contributed by atoms with Crippen LogP contribution in [0, 0.1) is 11.7 Å². The highest BCUT2D eigenvalue weighted by molar-refractivity contribution is 5.69. The molecule has 3 nitrogen and oxygen atoms in total. The Kier molecular flexibility index (Phi) is 4.84. The number of halogens is 1. The van der Waals surface area contributed by atoms with Gasteiger partial charge in [0.2, 0.25) is 0 Å². The first-order chi connectivity index (χ1) is 11.3. The van der Waals surface area contributed by atoms with Crippen molar-refractivity contribution in [1.29, 1.82) is 0 Å². The average molecular weight is 333 g/mol. The number of fused-ring (bicyclic) bond motifs is 2. The lowest BCUT2D eigenvalue weighted by Gasteiger charge is -2.39. The van der Waals surface area contributed by atoms with Gasteiger partial charge < -0.3 is 9.64 Å². The van der Waals surface area contributed by atoms with Gasteiger partial charge in [-0.3, -0.25) is 0 Å². The van der Waals surface area contributed by atoms with E-state index in [-0.39, 0.29) is 11.9 Å². The van der Waals surface area contributed by atoms with E-state index in [1.54, 1.807) is 6.07 Å². The van der Waals surface area contributed by atoms with E-state index < -0.39 is 5.60 Å². The van der Waals surface area contributed by atoms with Crippen LogP contribution in [-0.4, -0.2) is 28.7 Å². The number of hydrogen-bond donors (Lipinski definition) is 0. The van der Waals surface area contributed by atoms with Crippen molar-refractivity contribution in [2.24, 2.45) is 5.92 Å². The van der Waals surface area contributed by atoms with Gasteiger partial charge in [0.1, 0.15) is 11.4 Å². The molecule has 0 N–H and O–H groups in total. The Balaban J connectivity index is 1.57. The SMILES string of the molecule is CC(C)(C)OC(=O)N1C2CCC1CC(CCc1ccccc1F)C2. The highest BCUT2D eigenvalue weighted by atomic mass is 19.1. The number of amides is 1. The molecule has 2 aliphatic heterocycles. The van der Waals surface area contributed by atoms with Crippen LogP contribution in [0.15, 0.2) is 24.3 Å². The molecule has 0 saturated carbocycles. The monoisotopic (exact) mass is 333 g/mol. The van der Waals surface area contributed by atoms with Crippen LogP contribution in [0.5, 0.6) is 0 Å². The van der Waals surface area contributed by atoms with Gasteiger partial charge in [0.15, 0.2) is 0 Å². The zero-order chi connectivity index (χ0) is 17.3. The molecule has 2 fully saturated rings. The van der Waals surface area contributed by atoms with Crippen LogP contribution in [-0.2, 0) is 11.2 Å². The van der Waals surface area contributed by atoms with Crippen LogP contribution >= 0.6 is 0 Å². The van der Waals surface area contributed by atoms with E-state index in [9.17, 15) is 9.18 Å². The van der Waals surface area contributed by atoms with Crippen molar-refractivity contribution >= 4 is 6.09 Å². The highest BCUT2D eigenvalue weighted by Gasteiger charge is 2.44. The minimum absolute atomic E-state index is 0.105. The summed E-state index contributed by atoms with van der Waals surface area (Å²) in [5.74, 6) is 0.465. The fourth-order valence-corrected chi connectivity index (χ4v) is 4.20. The maximum Gasteiger partial charge on any atom is 0.410 e. The fourth-order valence-electron chi connectivity index (χ4n) is 4.20. The lowest BCUT2D eigenvalue weighted by Crippen LogP contribution is -2.48. The molecule has 2 atom stereocenters. The van der Waals surface area contributed by atoms with Crippen molar-refractivity contribution in [2.75, 3.05) is 0 Å². The van der Waals surface area contributed by atoms with Crippen LogP contribution in [0.2, 0.25) is 0 Å². The van der Waals surface area contributed by atoms with Crippen molar-refractivity contribution in [3.8, 4) is 0 Å². The zero-order valence-electron chi connectivity index (χ0n) is 14.9. The summed E-state index contributed by atoms with van der Waals surface area (Å²) >= 11 is 0. The molecule has 1 amide bonds. The zero-order valence-corrected chi connectivity index (χ0v) is 14.9. The number of aryl methyl sites for hydroxylation is 1. The van der Waals surface area contributed by atoms with Crippen LogP contribution in [0.3, 0.4) is 0 Å². The van der Waals surface area contributed by atoms with E-state index in [0.717, 1.165) is 44.1 Å². The molecule has 2 heterocycles. The summed E-state index contributed by atoms with van der Waals surface area (Å²) < 4.78 is 19.3. The Labute approximate surface area is 144 Å². The third kappa shape index (κ3) is 3.90. The lowest BCUT2D eigenvalue weighted by molar-refractivity contribution is 0.00165. The number of rotatable bonds is 3. The summed E-state index contributed by atoms with van der Waals surface area (Å²) in [6.45, 7) is 5.73. The third-order valence-electron chi connectivity index (χ3n) is 5.21. The number of nitrogens with zero attached hydrogens (tertiary/aromatic N) is 1. The highest BCUT2D eigenvalue weighted by Crippen LogP contribution is 2.41. The summed E-state index contributed by atoms with van der Waals surface area (Å²) in [5.41, 5.74) is 0.359. The van der Waals surface area contributed by atoms with Crippen LogP contribution in [0.4, 0.5) is 9.18 Å². The van der Waals surface area contributed by atoms with Crippen molar-refractivity contribution in [2.45, 2.75) is 77.0 Å². The largest absolute Gasteiger partial charge is 0.444 e. The summed E-state index contributed by atoms with van der Waals surface area (Å²) in [4.78, 5) is 14.4. The molecule has 1 aromatic rings. The molecular formula is C20H28FNO2. The van der Waals surface area contributed by atoms with Gasteiger partial charge in [-0.15, -0.1) is 0 Å². The van der Waals surface area contributed by atoms with E-state index in [2.05, 4.69) is 0 Å². The smallest absolute Gasteiger partial charge is 0.410 e. The summed E-state index contributed by atoms with van der Waals surface area (Å²) in [7, 11) is 0. The second-order valence-electron chi connectivity index (χ2n) is 8.24. The van der Waals surface area contributed by atoms with E-state index in [0.29, 0.717) is 18.0 Å². The van der Waals surface area contributed by atoms with Crippen LogP contribution in [0.25, 0.3) is 0 Å². The van der Waals surface area contributed by atoms with E-state index >= 15 is 0 Å². The second-order valence-corrected chi connectivity index (χ2v) is 8.24. The fraction of sp³-hybridized carbons (Fsp3) is 0.650. The van der Waals surface area contributed by atoms with Gasteiger partial charge in [-0.05, 0) is 76.8 Å². The third-order valence-corrected chi connectivity index (χ3v) is 5.21. The molecule has 2 aliphatic rings. The molecule has 0 aromatic heterocycles. The number of benzene rings is 1. The first kappa shape index (κ1) is 17.2. The van der Waals surface area contributed by atoms with Gasteiger partial charge in [0.25, 0.3) is 0 Å². The maximum absolute atomic E-state index is 13.8. The Morgan fingerprint density at radius 2 is 1.83 bits per heavy atom. The minimum Gasteiger partial charge on any atom is -0.444 e. The topological polar surface area (TPSA) is 29.5 Å². The van der Waals surface area contributed by atoms with E-state index in [1.165, 1.54) is 6.07 Å². The van der Waals surface area contributed by atoms with Crippen LogP contribution in [0.1, 0.15) is 58.4 Å². The van der Waals surface area contributed by atoms with Crippen LogP contribution < -0.4 is 0 Å². The quantitative estimate of drug-likeness (QED) is 0.784. The van der Waals surface area contributed by atoms with Crippen molar-refractivity contribution < 1.29 is 13.9 Å². The van der Waals surface area contributed by atoms with E-state index in [1.807, 2.05) is 37.8 Å². The van der Waals surface area contributed by atoms with Gasteiger partial charge in [0, 0.05) is 12.1 Å². The predicted octanol–water partition coefficient (Wildman–Crippen LogP) is 4.94. The van der Waals surface area contributed by atoms with Gasteiger partial charge in [-0.2, -0.15) is 0 Å². The van der Waals surface area contributed by atoms with Crippen molar-refractivity contribution in [3.05, 3.63) is 35.6 Å². The van der Waals surface area contributed by atoms with Gasteiger partial charge in [0.05, 0.1) is 0 Å². The molecular weight excluding hydrogens is 305 g/mol. The molecule has 0 aliphatic carbocycles. The Morgan fingerprint density at radius 3 is 2.42 bits per heavy atom. The number of ether oxygens (including phenoxy) is 1. The molecule has 0 spiro atoms. The van der Waals surface area contributed by atoms with Crippen molar-refractivity contribution in [3.63, 3.8) is 0 Å². The molecule has 4 heteroatoms. The van der Waals surface area contributed by atoms with Gasteiger partial charge in [-0.25, -0.2) is 9.18 Å². The molecule has 2 saturated heterocycles. The molecule has 0 radical (unpaired) electrons. The standard InChI is InChI=1S/C20H28FNO2/c1-20(2,3)24-19(23)22-16-10-11-17(22)13-14(12-16)8-9-15-6-4-5-7-18(15)21/h4-7,14,16-17H,8-13H2,1-3H3. The number of carbonyl (C=O) groups is 1. The Morgan fingerprint density at radius 1 is 1.21 bits per heavy atom. The molecule has 24 heavy (non-hydrogen) atoms. The first-order valence-corrected chi connectivity index (χ1v) is 9.08. The summed E-state index contributed by atoms with van der Waals surface area (Å²) in [6, 6.07) is 7.63. The average Bonchev–Trinajstić information content (AvgIpc) is 2.76. The predicted molar refractivity (Wildman–Crippen MR) is 92.3 cm³/mol. The number of piperidine rings is 1. The number of carbonyl (C=O) groups excluding carboxylic acids is 1. The molecule has 2 unspecified atom stereocenters. The molecule has 1 aromatic carbocycles. The molecule has 3 rings (SSSR count). The van der Waals surface area contributed by atoms with Gasteiger partial charge in [-0.1, -0.05) is 18.2 Å². The second kappa shape index (κ2) is 6.73. The van der Waals surface area contributed by atoms with Gasteiger partial charge >= 0.3 is 6.09 Å². The Bertz CT molecular complexity index is 582. The maximum atomic E-state index is 13.8. The van der Waals surface area contributed by atoms with E-state index in [4.69, 9.17) is 4.74 Å². The number of hydrogen-bond acceptors (Lipinski definition) is 2. The minimum atomic E-state index is -0.446. The lowest BCUT2D eigenvalue weighted by atomic mass is 9.86. The Hall–Kier alpha value is -1.58. The first-order valence-electron chi connectivity index (χ1n) is 9.08. The summed E-state index contributed by atoms with van der Waals surface area (Å²) in [5, 5.41) is 0. The molecule has 132 valence electrons. The molecule has 2 bridgehead atoms. The summed E-state index contributed by atoms with van der Waals surface area (Å²) in [6.07, 6.45) is 5.79. The normalized spacial score (nSPS) is 26.5. The van der Waals surface area contributed by atoms with Crippen molar-refractivity contribution in [1.82, 2.24) is 4.90 Å².